The molecule has 0 atom stereocenters. The molecule has 0 aliphatic heterocycles. The van der Waals surface area contributed by atoms with Crippen LogP contribution in [0.1, 0.15) is 16.1 Å². The van der Waals surface area contributed by atoms with Crippen molar-refractivity contribution in [2.24, 2.45) is 5.10 Å². The first-order valence-electron chi connectivity index (χ1n) is 7.81. The van der Waals surface area contributed by atoms with Gasteiger partial charge in [-0.1, -0.05) is 29.8 Å². The van der Waals surface area contributed by atoms with Crippen molar-refractivity contribution >= 4 is 46.8 Å². The molecule has 0 aliphatic rings. The summed E-state index contributed by atoms with van der Waals surface area (Å²) in [5.41, 5.74) is 4.15. The summed E-state index contributed by atoms with van der Waals surface area (Å²) in [5.74, 6) is -0.142. The quantitative estimate of drug-likeness (QED) is 0.329. The molecule has 1 aromatic heterocycles. The van der Waals surface area contributed by atoms with E-state index >= 15 is 0 Å². The van der Waals surface area contributed by atoms with Crippen LogP contribution in [0.4, 0.5) is 5.69 Å². The molecule has 0 bridgehead atoms. The van der Waals surface area contributed by atoms with Gasteiger partial charge in [-0.05, 0) is 54.7 Å². The number of thiocarbonyl (C=S) groups is 1. The molecule has 3 aromatic rings. The SMILES string of the molecule is O=C(O)c1ccc(Cl)c(-c2ccc(/C=N/NC(=S)Nc3ccccc3)o2)c1. The Labute approximate surface area is 165 Å². The van der Waals surface area contributed by atoms with E-state index in [1.165, 1.54) is 24.4 Å². The highest BCUT2D eigenvalue weighted by atomic mass is 35.5. The van der Waals surface area contributed by atoms with Crippen LogP contribution in [0.2, 0.25) is 5.02 Å². The lowest BCUT2D eigenvalue weighted by atomic mass is 10.1. The molecule has 0 aliphatic carbocycles. The number of furan rings is 1. The normalized spacial score (nSPS) is 10.7. The molecular weight excluding hydrogens is 386 g/mol. The fourth-order valence-electron chi connectivity index (χ4n) is 2.25. The number of benzene rings is 2. The smallest absolute Gasteiger partial charge is 0.335 e. The number of rotatable bonds is 5. The standard InChI is InChI=1S/C19H14ClN3O3S/c20-16-8-6-12(18(24)25)10-15(16)17-9-7-14(26-17)11-21-23-19(27)22-13-4-2-1-3-5-13/h1-11H,(H,24,25)(H2,22,23,27)/b21-11+. The molecule has 0 fully saturated rings. The minimum absolute atomic E-state index is 0.125. The summed E-state index contributed by atoms with van der Waals surface area (Å²) >= 11 is 11.3. The molecule has 3 rings (SSSR count). The number of hydrazone groups is 1. The van der Waals surface area contributed by atoms with E-state index in [4.69, 9.17) is 33.3 Å². The van der Waals surface area contributed by atoms with E-state index < -0.39 is 5.97 Å². The van der Waals surface area contributed by atoms with Gasteiger partial charge in [-0.25, -0.2) is 4.79 Å². The van der Waals surface area contributed by atoms with E-state index in [-0.39, 0.29) is 5.56 Å². The zero-order valence-corrected chi connectivity index (χ0v) is 15.4. The van der Waals surface area contributed by atoms with Crippen molar-refractivity contribution < 1.29 is 14.3 Å². The summed E-state index contributed by atoms with van der Waals surface area (Å²) in [6, 6.07) is 17.3. The van der Waals surface area contributed by atoms with Crippen LogP contribution in [0, 0.1) is 0 Å². The van der Waals surface area contributed by atoms with E-state index in [2.05, 4.69) is 15.8 Å². The average molecular weight is 400 g/mol. The number of nitrogens with one attached hydrogen (secondary N) is 2. The summed E-state index contributed by atoms with van der Waals surface area (Å²) in [4.78, 5) is 11.1. The van der Waals surface area contributed by atoms with Gasteiger partial charge in [-0.3, -0.25) is 5.43 Å². The lowest BCUT2D eigenvalue weighted by molar-refractivity contribution is 0.0697. The van der Waals surface area contributed by atoms with Gasteiger partial charge >= 0.3 is 5.97 Å². The Morgan fingerprint density at radius 3 is 2.67 bits per heavy atom. The van der Waals surface area contributed by atoms with E-state index in [9.17, 15) is 4.79 Å². The van der Waals surface area contributed by atoms with Crippen LogP contribution in [0.25, 0.3) is 11.3 Å². The van der Waals surface area contributed by atoms with Crippen molar-refractivity contribution in [3.05, 3.63) is 77.0 Å². The van der Waals surface area contributed by atoms with Crippen molar-refractivity contribution in [3.8, 4) is 11.3 Å². The molecule has 27 heavy (non-hydrogen) atoms. The van der Waals surface area contributed by atoms with Crippen LogP contribution in [-0.4, -0.2) is 22.4 Å². The fourth-order valence-corrected chi connectivity index (χ4v) is 2.63. The number of hydrogen-bond acceptors (Lipinski definition) is 4. The van der Waals surface area contributed by atoms with Crippen LogP contribution in [-0.2, 0) is 0 Å². The fraction of sp³-hybridized carbons (Fsp3) is 0. The number of anilines is 1. The number of nitrogens with zero attached hydrogens (tertiary/aromatic N) is 1. The third-order valence-corrected chi connectivity index (χ3v) is 4.02. The second kappa shape index (κ2) is 8.48. The minimum Gasteiger partial charge on any atom is -0.478 e. The van der Waals surface area contributed by atoms with Crippen molar-refractivity contribution in [2.45, 2.75) is 0 Å². The zero-order chi connectivity index (χ0) is 19.2. The van der Waals surface area contributed by atoms with E-state index in [0.717, 1.165) is 5.69 Å². The molecule has 1 heterocycles. The Balaban J connectivity index is 1.66. The number of carboxylic acids is 1. The maximum atomic E-state index is 11.1. The monoisotopic (exact) mass is 399 g/mol. The molecule has 8 heteroatoms. The second-order valence-corrected chi connectivity index (χ2v) is 6.21. The van der Waals surface area contributed by atoms with Crippen molar-refractivity contribution in [2.75, 3.05) is 5.32 Å². The molecule has 0 radical (unpaired) electrons. The number of carbonyl (C=O) groups is 1. The van der Waals surface area contributed by atoms with Crippen molar-refractivity contribution in [3.63, 3.8) is 0 Å². The third kappa shape index (κ3) is 4.93. The molecule has 0 amide bonds. The highest BCUT2D eigenvalue weighted by Gasteiger charge is 2.12. The Kier molecular flexibility index (Phi) is 5.85. The largest absolute Gasteiger partial charge is 0.478 e. The summed E-state index contributed by atoms with van der Waals surface area (Å²) in [6.45, 7) is 0. The topological polar surface area (TPSA) is 86.9 Å². The van der Waals surface area contributed by atoms with E-state index in [1.807, 2.05) is 30.3 Å². The molecule has 3 N–H and O–H groups in total. The Hall–Kier alpha value is -3.16. The minimum atomic E-state index is -1.04. The lowest BCUT2D eigenvalue weighted by Crippen LogP contribution is -2.23. The van der Waals surface area contributed by atoms with Crippen molar-refractivity contribution in [1.29, 1.82) is 0 Å². The van der Waals surface area contributed by atoms with E-state index in [1.54, 1.807) is 12.1 Å². The Morgan fingerprint density at radius 2 is 1.93 bits per heavy atom. The summed E-state index contributed by atoms with van der Waals surface area (Å²) in [6.07, 6.45) is 1.46. The molecule has 2 aromatic carbocycles. The van der Waals surface area contributed by atoms with E-state index in [0.29, 0.717) is 27.2 Å². The first kappa shape index (κ1) is 18.6. The molecule has 0 saturated heterocycles. The number of hydrogen-bond donors (Lipinski definition) is 3. The molecule has 6 nitrogen and oxygen atoms in total. The predicted octanol–water partition coefficient (Wildman–Crippen LogP) is 4.62. The van der Waals surface area contributed by atoms with Gasteiger partial charge < -0.3 is 14.8 Å². The highest BCUT2D eigenvalue weighted by Crippen LogP contribution is 2.30. The average Bonchev–Trinajstić information content (AvgIpc) is 3.11. The van der Waals surface area contributed by atoms with Crippen LogP contribution < -0.4 is 10.7 Å². The number of carboxylic acid groups (broad SMARTS) is 1. The first-order chi connectivity index (χ1) is 13.0. The molecular formula is C19H14ClN3O3S. The number of aromatic carboxylic acids is 1. The predicted molar refractivity (Wildman–Crippen MR) is 110 cm³/mol. The first-order valence-corrected chi connectivity index (χ1v) is 8.60. The second-order valence-electron chi connectivity index (χ2n) is 5.39. The lowest BCUT2D eigenvalue weighted by Gasteiger charge is -2.05. The zero-order valence-electron chi connectivity index (χ0n) is 13.8. The van der Waals surface area contributed by atoms with Gasteiger partial charge in [0.05, 0.1) is 16.8 Å². The molecule has 0 unspecified atom stereocenters. The highest BCUT2D eigenvalue weighted by molar-refractivity contribution is 7.80. The van der Waals surface area contributed by atoms with Gasteiger partial charge in [-0.2, -0.15) is 5.10 Å². The maximum absolute atomic E-state index is 11.1. The Morgan fingerprint density at radius 1 is 1.15 bits per heavy atom. The van der Waals surface area contributed by atoms with Gasteiger partial charge in [0.15, 0.2) is 5.11 Å². The molecule has 0 spiro atoms. The van der Waals surface area contributed by atoms with Crippen LogP contribution >= 0.6 is 23.8 Å². The third-order valence-electron chi connectivity index (χ3n) is 3.50. The van der Waals surface area contributed by atoms with Gasteiger partial charge in [-0.15, -0.1) is 0 Å². The van der Waals surface area contributed by atoms with Gasteiger partial charge in [0, 0.05) is 11.3 Å². The van der Waals surface area contributed by atoms with Gasteiger partial charge in [0.25, 0.3) is 0 Å². The van der Waals surface area contributed by atoms with Gasteiger partial charge in [0.1, 0.15) is 11.5 Å². The Bertz CT molecular complexity index is 1000. The van der Waals surface area contributed by atoms with Crippen LogP contribution in [0.15, 0.2) is 70.2 Å². The van der Waals surface area contributed by atoms with Crippen molar-refractivity contribution in [1.82, 2.24) is 5.43 Å². The number of para-hydroxylation sites is 1. The van der Waals surface area contributed by atoms with Gasteiger partial charge in [0.2, 0.25) is 0 Å². The summed E-state index contributed by atoms with van der Waals surface area (Å²) < 4.78 is 5.65. The number of halogens is 1. The van der Waals surface area contributed by atoms with Crippen LogP contribution in [0.5, 0.6) is 0 Å². The maximum Gasteiger partial charge on any atom is 0.335 e. The summed E-state index contributed by atoms with van der Waals surface area (Å²) in [5, 5.41) is 16.8. The summed E-state index contributed by atoms with van der Waals surface area (Å²) in [7, 11) is 0. The van der Waals surface area contributed by atoms with Crippen LogP contribution in [0.3, 0.4) is 0 Å². The molecule has 136 valence electrons. The molecule has 0 saturated carbocycles.